The molecule has 2 rings (SSSR count). The van der Waals surface area contributed by atoms with Crippen LogP contribution < -0.4 is 5.73 Å². The molecule has 2 N–H and O–H groups in total. The van der Waals surface area contributed by atoms with Crippen LogP contribution in [0.25, 0.3) is 0 Å². The van der Waals surface area contributed by atoms with Crippen LogP contribution in [0.3, 0.4) is 0 Å². The Morgan fingerprint density at radius 2 is 1.86 bits per heavy atom. The first-order valence-corrected chi connectivity index (χ1v) is 7.97. The Morgan fingerprint density at radius 1 is 1.18 bits per heavy atom. The number of thiophene rings is 1. The lowest BCUT2D eigenvalue weighted by atomic mass is 10.2. The van der Waals surface area contributed by atoms with Gasteiger partial charge in [0, 0.05) is 24.4 Å². The molecule has 1 aromatic heterocycles. The van der Waals surface area contributed by atoms with Gasteiger partial charge in [0.25, 0.3) is 5.91 Å². The highest BCUT2D eigenvalue weighted by molar-refractivity contribution is 7.14. The van der Waals surface area contributed by atoms with Crippen LogP contribution in [0.2, 0.25) is 0 Å². The van der Waals surface area contributed by atoms with Gasteiger partial charge >= 0.3 is 0 Å². The second-order valence-electron chi connectivity index (χ2n) is 5.28. The van der Waals surface area contributed by atoms with Crippen LogP contribution in [0.5, 0.6) is 0 Å². The Balaban J connectivity index is 2.19. The fourth-order valence-electron chi connectivity index (χ4n) is 2.14. The van der Waals surface area contributed by atoms with Gasteiger partial charge in [-0.05, 0) is 31.0 Å². The maximum Gasteiger partial charge on any atom is 0.264 e. The maximum atomic E-state index is 12.7. The van der Waals surface area contributed by atoms with Crippen molar-refractivity contribution in [1.29, 1.82) is 0 Å². The van der Waals surface area contributed by atoms with E-state index in [-0.39, 0.29) is 12.3 Å². The highest BCUT2D eigenvalue weighted by Gasteiger charge is 2.19. The van der Waals surface area contributed by atoms with Crippen molar-refractivity contribution < 1.29 is 9.59 Å². The average Bonchev–Trinajstić information content (AvgIpc) is 2.83. The normalized spacial score (nSPS) is 10.5. The van der Waals surface area contributed by atoms with Crippen molar-refractivity contribution >= 4 is 23.2 Å². The van der Waals surface area contributed by atoms with Crippen molar-refractivity contribution in [3.8, 4) is 0 Å². The molecule has 0 unspecified atom stereocenters. The minimum absolute atomic E-state index is 0.0497. The zero-order valence-corrected chi connectivity index (χ0v) is 13.7. The molecule has 0 aliphatic carbocycles. The van der Waals surface area contributed by atoms with E-state index in [4.69, 9.17) is 5.73 Å². The number of amides is 2. The third kappa shape index (κ3) is 4.18. The van der Waals surface area contributed by atoms with E-state index in [9.17, 15) is 9.59 Å². The van der Waals surface area contributed by atoms with Crippen LogP contribution in [0.1, 0.15) is 32.1 Å². The molecule has 0 fully saturated rings. The standard InChI is InChI=1S/C17H20N2O2S/c1-12-10-15(22-13(12)2)17(21)19(9-8-16(18)20)11-14-6-4-3-5-7-14/h3-7,10H,8-9,11H2,1-2H3,(H2,18,20). The number of aryl methyl sites for hydroxylation is 2. The van der Waals surface area contributed by atoms with Gasteiger partial charge in [-0.15, -0.1) is 11.3 Å². The number of primary amides is 1. The van der Waals surface area contributed by atoms with Crippen LogP contribution >= 0.6 is 11.3 Å². The van der Waals surface area contributed by atoms with Crippen molar-refractivity contribution in [2.45, 2.75) is 26.8 Å². The Bertz CT molecular complexity index is 645. The second kappa shape index (κ2) is 7.22. The molecule has 2 amide bonds. The predicted molar refractivity (Wildman–Crippen MR) is 88.8 cm³/mol. The summed E-state index contributed by atoms with van der Waals surface area (Å²) in [5.41, 5.74) is 7.37. The van der Waals surface area contributed by atoms with Gasteiger partial charge in [0.1, 0.15) is 0 Å². The summed E-state index contributed by atoms with van der Waals surface area (Å²) in [6.07, 6.45) is 0.169. The third-order valence-electron chi connectivity index (χ3n) is 3.51. The first-order chi connectivity index (χ1) is 10.5. The molecule has 0 aliphatic rings. The van der Waals surface area contributed by atoms with E-state index in [1.54, 1.807) is 4.90 Å². The minimum Gasteiger partial charge on any atom is -0.370 e. The summed E-state index contributed by atoms with van der Waals surface area (Å²) in [6.45, 7) is 4.80. The molecular formula is C17H20N2O2S. The first kappa shape index (κ1) is 16.2. The van der Waals surface area contributed by atoms with E-state index in [0.29, 0.717) is 18.0 Å². The van der Waals surface area contributed by atoms with Crippen LogP contribution in [0.4, 0.5) is 0 Å². The van der Waals surface area contributed by atoms with Crippen LogP contribution in [0.15, 0.2) is 36.4 Å². The summed E-state index contributed by atoms with van der Waals surface area (Å²) in [5.74, 6) is -0.448. The lowest BCUT2D eigenvalue weighted by Crippen LogP contribution is -2.33. The summed E-state index contributed by atoms with van der Waals surface area (Å²) in [7, 11) is 0. The number of carbonyl (C=O) groups excluding carboxylic acids is 2. The molecule has 1 aromatic carbocycles. The maximum absolute atomic E-state index is 12.7. The monoisotopic (exact) mass is 316 g/mol. The van der Waals surface area contributed by atoms with Gasteiger partial charge in [-0.1, -0.05) is 30.3 Å². The topological polar surface area (TPSA) is 63.4 Å². The van der Waals surface area contributed by atoms with E-state index in [1.807, 2.05) is 50.2 Å². The lowest BCUT2D eigenvalue weighted by Gasteiger charge is -2.21. The van der Waals surface area contributed by atoms with Gasteiger partial charge in [0.2, 0.25) is 5.91 Å². The van der Waals surface area contributed by atoms with Gasteiger partial charge in [0.05, 0.1) is 4.88 Å². The van der Waals surface area contributed by atoms with Crippen molar-refractivity contribution in [3.05, 3.63) is 57.3 Å². The molecule has 4 nitrogen and oxygen atoms in total. The smallest absolute Gasteiger partial charge is 0.264 e. The van der Waals surface area contributed by atoms with Crippen molar-refractivity contribution in [1.82, 2.24) is 4.90 Å². The number of carbonyl (C=O) groups is 2. The number of rotatable bonds is 6. The van der Waals surface area contributed by atoms with Gasteiger partial charge < -0.3 is 10.6 Å². The summed E-state index contributed by atoms with van der Waals surface area (Å²) in [6, 6.07) is 11.7. The number of hydrogen-bond acceptors (Lipinski definition) is 3. The van der Waals surface area contributed by atoms with Gasteiger partial charge in [-0.3, -0.25) is 9.59 Å². The Hall–Kier alpha value is -2.14. The van der Waals surface area contributed by atoms with E-state index in [1.165, 1.54) is 11.3 Å². The largest absolute Gasteiger partial charge is 0.370 e. The second-order valence-corrected chi connectivity index (χ2v) is 6.53. The van der Waals surface area contributed by atoms with Gasteiger partial charge in [-0.2, -0.15) is 0 Å². The van der Waals surface area contributed by atoms with Crippen molar-refractivity contribution in [3.63, 3.8) is 0 Å². The van der Waals surface area contributed by atoms with E-state index in [2.05, 4.69) is 0 Å². The van der Waals surface area contributed by atoms with Gasteiger partial charge in [-0.25, -0.2) is 0 Å². The summed E-state index contributed by atoms with van der Waals surface area (Å²) in [4.78, 5) is 27.3. The molecule has 0 spiro atoms. The quantitative estimate of drug-likeness (QED) is 0.890. The van der Waals surface area contributed by atoms with Crippen LogP contribution in [-0.2, 0) is 11.3 Å². The predicted octanol–water partition coefficient (Wildman–Crippen LogP) is 2.88. The average molecular weight is 316 g/mol. The van der Waals surface area contributed by atoms with Gasteiger partial charge in [0.15, 0.2) is 0 Å². The number of benzene rings is 1. The number of nitrogens with two attached hydrogens (primary N) is 1. The summed E-state index contributed by atoms with van der Waals surface area (Å²) >= 11 is 1.49. The summed E-state index contributed by atoms with van der Waals surface area (Å²) in [5, 5.41) is 0. The van der Waals surface area contributed by atoms with E-state index < -0.39 is 5.91 Å². The molecule has 1 heterocycles. The molecule has 0 saturated carbocycles. The van der Waals surface area contributed by atoms with E-state index >= 15 is 0 Å². The first-order valence-electron chi connectivity index (χ1n) is 7.16. The SMILES string of the molecule is Cc1cc(C(=O)N(CCC(N)=O)Cc2ccccc2)sc1C. The van der Waals surface area contributed by atoms with Crippen LogP contribution in [0, 0.1) is 13.8 Å². The molecular weight excluding hydrogens is 296 g/mol. The molecule has 0 aliphatic heterocycles. The van der Waals surface area contributed by atoms with Crippen molar-refractivity contribution in [2.75, 3.05) is 6.54 Å². The third-order valence-corrected chi connectivity index (χ3v) is 4.65. The Labute approximate surface area is 134 Å². The molecule has 0 radical (unpaired) electrons. The van der Waals surface area contributed by atoms with Crippen LogP contribution in [-0.4, -0.2) is 23.3 Å². The molecule has 0 atom stereocenters. The Kier molecular flexibility index (Phi) is 5.33. The highest BCUT2D eigenvalue weighted by atomic mass is 32.1. The lowest BCUT2D eigenvalue weighted by molar-refractivity contribution is -0.118. The molecule has 0 bridgehead atoms. The zero-order chi connectivity index (χ0) is 16.1. The van der Waals surface area contributed by atoms with Crippen molar-refractivity contribution in [2.24, 2.45) is 5.73 Å². The minimum atomic E-state index is -0.399. The van der Waals surface area contributed by atoms with E-state index in [0.717, 1.165) is 16.0 Å². The highest BCUT2D eigenvalue weighted by Crippen LogP contribution is 2.23. The number of nitrogens with zero attached hydrogens (tertiary/aromatic N) is 1. The molecule has 5 heteroatoms. The fraction of sp³-hybridized carbons (Fsp3) is 0.294. The molecule has 22 heavy (non-hydrogen) atoms. The summed E-state index contributed by atoms with van der Waals surface area (Å²) < 4.78 is 0. The zero-order valence-electron chi connectivity index (χ0n) is 12.8. The molecule has 2 aromatic rings. The number of hydrogen-bond donors (Lipinski definition) is 1. The Morgan fingerprint density at radius 3 is 2.41 bits per heavy atom. The molecule has 0 saturated heterocycles. The fourth-order valence-corrected chi connectivity index (χ4v) is 3.14. The molecule has 116 valence electrons.